The predicted molar refractivity (Wildman–Crippen MR) is 101 cm³/mol. The van der Waals surface area contributed by atoms with Gasteiger partial charge in [0.15, 0.2) is 0 Å². The molecular weight excluding hydrogens is 367 g/mol. The van der Waals surface area contributed by atoms with Crippen molar-refractivity contribution in [3.05, 3.63) is 67.1 Å². The van der Waals surface area contributed by atoms with E-state index in [9.17, 15) is 4.79 Å². The monoisotopic (exact) mass is 380 g/mol. The van der Waals surface area contributed by atoms with Crippen LogP contribution in [0.3, 0.4) is 0 Å². The van der Waals surface area contributed by atoms with E-state index in [0.29, 0.717) is 20.9 Å². The third-order valence-electron chi connectivity index (χ3n) is 4.08. The first kappa shape index (κ1) is 17.3. The highest BCUT2D eigenvalue weighted by Gasteiger charge is 2.17. The Hall–Kier alpha value is -1.55. The minimum Gasteiger partial charge on any atom is -0.260 e. The van der Waals surface area contributed by atoms with Crippen molar-refractivity contribution in [2.24, 2.45) is 0 Å². The average Bonchev–Trinajstić information content (AvgIpc) is 2.56. The first-order valence-electron chi connectivity index (χ1n) is 7.66. The van der Waals surface area contributed by atoms with E-state index in [0.717, 1.165) is 29.7 Å². The van der Waals surface area contributed by atoms with Gasteiger partial charge in [0.1, 0.15) is 5.15 Å². The van der Waals surface area contributed by atoms with Crippen LogP contribution in [0.15, 0.2) is 35.1 Å². The molecule has 0 saturated carbocycles. The average molecular weight is 382 g/mol. The first-order chi connectivity index (χ1) is 11.5. The van der Waals surface area contributed by atoms with E-state index in [1.807, 2.05) is 18.2 Å². The van der Waals surface area contributed by atoms with Gasteiger partial charge in [0.05, 0.1) is 21.2 Å². The number of rotatable bonds is 3. The molecule has 0 aliphatic carbocycles. The topological polar surface area (TPSA) is 34.9 Å². The summed E-state index contributed by atoms with van der Waals surface area (Å²) in [6, 6.07) is 9.34. The first-order valence-corrected chi connectivity index (χ1v) is 8.79. The van der Waals surface area contributed by atoms with Crippen molar-refractivity contribution in [3.63, 3.8) is 0 Å². The molecule has 0 fully saturated rings. The molecule has 3 rings (SSSR count). The molecule has 2 aromatic carbocycles. The molecule has 6 heteroatoms. The van der Waals surface area contributed by atoms with Gasteiger partial charge in [0, 0.05) is 5.39 Å². The number of para-hydroxylation sites is 1. The zero-order valence-electron chi connectivity index (χ0n) is 13.2. The quantitative estimate of drug-likeness (QED) is 0.564. The molecule has 24 heavy (non-hydrogen) atoms. The number of benzene rings is 2. The number of aromatic nitrogens is 2. The van der Waals surface area contributed by atoms with E-state index in [1.165, 1.54) is 0 Å². The van der Waals surface area contributed by atoms with E-state index in [-0.39, 0.29) is 5.15 Å². The molecule has 0 radical (unpaired) electrons. The molecule has 124 valence electrons. The third-order valence-corrected chi connectivity index (χ3v) is 5.09. The molecule has 0 bridgehead atoms. The van der Waals surface area contributed by atoms with Gasteiger partial charge >= 0.3 is 5.69 Å². The van der Waals surface area contributed by atoms with E-state index in [4.69, 9.17) is 34.8 Å². The molecule has 3 aromatic rings. The molecule has 0 aliphatic heterocycles. The molecular formula is C18H15Cl3N2O. The van der Waals surface area contributed by atoms with Gasteiger partial charge in [-0.15, -0.1) is 0 Å². The molecule has 0 N–H and O–H groups in total. The maximum absolute atomic E-state index is 12.7. The summed E-state index contributed by atoms with van der Waals surface area (Å²) in [6.45, 7) is 4.11. The summed E-state index contributed by atoms with van der Waals surface area (Å²) in [6.07, 6.45) is 1.59. The molecule has 1 heterocycles. The smallest absolute Gasteiger partial charge is 0.260 e. The number of fused-ring (bicyclic) bond motifs is 1. The van der Waals surface area contributed by atoms with Gasteiger partial charge in [0.2, 0.25) is 0 Å². The fraction of sp³-hybridized carbons (Fsp3) is 0.222. The van der Waals surface area contributed by atoms with Crippen LogP contribution in [0.5, 0.6) is 0 Å². The van der Waals surface area contributed by atoms with Crippen molar-refractivity contribution >= 4 is 45.7 Å². The lowest BCUT2D eigenvalue weighted by Gasteiger charge is -2.18. The van der Waals surface area contributed by atoms with Crippen LogP contribution >= 0.6 is 34.8 Å². The molecule has 0 amide bonds. The summed E-state index contributed by atoms with van der Waals surface area (Å²) < 4.78 is 1.58. The summed E-state index contributed by atoms with van der Waals surface area (Å²) in [5, 5.41) is 1.46. The standard InChI is InChI=1S/C18H15Cl3N2O/c1-3-10-6-5-7-11(4-2)16(10)23-15-9-14(20)13(19)8-12(15)17(21)22-18(23)24/h5-9H,3-4H2,1-2H3. The van der Waals surface area contributed by atoms with E-state index < -0.39 is 5.69 Å². The highest BCUT2D eigenvalue weighted by atomic mass is 35.5. The zero-order valence-corrected chi connectivity index (χ0v) is 15.5. The highest BCUT2D eigenvalue weighted by molar-refractivity contribution is 6.43. The Bertz CT molecular complexity index is 973. The fourth-order valence-corrected chi connectivity index (χ4v) is 3.45. The van der Waals surface area contributed by atoms with Crippen LogP contribution in [0.1, 0.15) is 25.0 Å². The van der Waals surface area contributed by atoms with Gasteiger partial charge in [-0.1, -0.05) is 66.8 Å². The van der Waals surface area contributed by atoms with Crippen LogP contribution < -0.4 is 5.69 Å². The van der Waals surface area contributed by atoms with Crippen molar-refractivity contribution in [2.75, 3.05) is 0 Å². The second kappa shape index (κ2) is 6.75. The Morgan fingerprint density at radius 3 is 2.17 bits per heavy atom. The van der Waals surface area contributed by atoms with Crippen LogP contribution in [0.4, 0.5) is 0 Å². The molecule has 1 aromatic heterocycles. The number of hydrogen-bond acceptors (Lipinski definition) is 2. The van der Waals surface area contributed by atoms with Crippen molar-refractivity contribution in [1.82, 2.24) is 9.55 Å². The second-order valence-electron chi connectivity index (χ2n) is 5.44. The highest BCUT2D eigenvalue weighted by Crippen LogP contribution is 2.32. The van der Waals surface area contributed by atoms with Crippen molar-refractivity contribution < 1.29 is 0 Å². The summed E-state index contributed by atoms with van der Waals surface area (Å²) in [4.78, 5) is 16.6. The molecule has 0 spiro atoms. The Kier molecular flexibility index (Phi) is 4.86. The third kappa shape index (κ3) is 2.81. The van der Waals surface area contributed by atoms with Gasteiger partial charge in [-0.25, -0.2) is 4.79 Å². The summed E-state index contributed by atoms with van der Waals surface area (Å²) in [7, 11) is 0. The molecule has 0 unspecified atom stereocenters. The largest absolute Gasteiger partial charge is 0.354 e. The lowest BCUT2D eigenvalue weighted by atomic mass is 10.0. The zero-order chi connectivity index (χ0) is 17.4. The summed E-state index contributed by atoms with van der Waals surface area (Å²) in [5.74, 6) is 0. The summed E-state index contributed by atoms with van der Waals surface area (Å²) in [5.41, 5.74) is 3.15. The van der Waals surface area contributed by atoms with Crippen LogP contribution in [0.25, 0.3) is 16.6 Å². The number of halogens is 3. The van der Waals surface area contributed by atoms with E-state index >= 15 is 0 Å². The predicted octanol–water partition coefficient (Wildman–Crippen LogP) is 5.47. The Balaban J connectivity index is 2.53. The Morgan fingerprint density at radius 1 is 1.00 bits per heavy atom. The number of aryl methyl sites for hydroxylation is 2. The van der Waals surface area contributed by atoms with Gasteiger partial charge in [-0.2, -0.15) is 4.98 Å². The minimum atomic E-state index is -0.429. The summed E-state index contributed by atoms with van der Waals surface area (Å²) >= 11 is 18.5. The maximum Gasteiger partial charge on any atom is 0.354 e. The van der Waals surface area contributed by atoms with Crippen LogP contribution in [0, 0.1) is 0 Å². The number of nitrogens with zero attached hydrogens (tertiary/aromatic N) is 2. The lowest BCUT2D eigenvalue weighted by molar-refractivity contribution is 0.912. The normalized spacial score (nSPS) is 11.2. The SMILES string of the molecule is CCc1cccc(CC)c1-n1c(=O)nc(Cl)c2cc(Cl)c(Cl)cc21. The van der Waals surface area contributed by atoms with Gasteiger partial charge in [-0.3, -0.25) is 4.57 Å². The van der Waals surface area contributed by atoms with E-state index in [1.54, 1.807) is 16.7 Å². The molecule has 0 saturated heterocycles. The van der Waals surface area contributed by atoms with Crippen LogP contribution in [-0.4, -0.2) is 9.55 Å². The van der Waals surface area contributed by atoms with Crippen LogP contribution in [-0.2, 0) is 12.8 Å². The Labute approximate surface area is 154 Å². The van der Waals surface area contributed by atoms with Crippen molar-refractivity contribution in [1.29, 1.82) is 0 Å². The van der Waals surface area contributed by atoms with Gasteiger partial charge in [0.25, 0.3) is 0 Å². The maximum atomic E-state index is 12.7. The minimum absolute atomic E-state index is 0.122. The Morgan fingerprint density at radius 2 is 1.58 bits per heavy atom. The van der Waals surface area contributed by atoms with Gasteiger partial charge < -0.3 is 0 Å². The van der Waals surface area contributed by atoms with Crippen LogP contribution in [0.2, 0.25) is 15.2 Å². The number of hydrogen-bond donors (Lipinski definition) is 0. The fourth-order valence-electron chi connectivity index (χ4n) is 2.90. The molecule has 0 aliphatic rings. The van der Waals surface area contributed by atoms with Crippen molar-refractivity contribution in [2.45, 2.75) is 26.7 Å². The molecule has 3 nitrogen and oxygen atoms in total. The molecule has 0 atom stereocenters. The van der Waals surface area contributed by atoms with E-state index in [2.05, 4.69) is 18.8 Å². The van der Waals surface area contributed by atoms with Crippen molar-refractivity contribution in [3.8, 4) is 5.69 Å². The second-order valence-corrected chi connectivity index (χ2v) is 6.61. The lowest BCUT2D eigenvalue weighted by Crippen LogP contribution is -2.24. The van der Waals surface area contributed by atoms with Gasteiger partial charge in [-0.05, 0) is 36.1 Å².